The molecule has 1 fully saturated rings. The summed E-state index contributed by atoms with van der Waals surface area (Å²) in [5.74, 6) is -0.213. The molecule has 8 nitrogen and oxygen atoms in total. The van der Waals surface area contributed by atoms with Gasteiger partial charge >= 0.3 is 5.97 Å². The van der Waals surface area contributed by atoms with Crippen LogP contribution in [-0.2, 0) is 20.9 Å². The Bertz CT molecular complexity index is 1260. The van der Waals surface area contributed by atoms with Crippen LogP contribution in [0.25, 0.3) is 0 Å². The van der Waals surface area contributed by atoms with E-state index >= 15 is 0 Å². The molecule has 3 aromatic carbocycles. The zero-order chi connectivity index (χ0) is 25.5. The van der Waals surface area contributed by atoms with Crippen molar-refractivity contribution in [3.8, 4) is 5.75 Å². The van der Waals surface area contributed by atoms with E-state index < -0.39 is 11.2 Å². The van der Waals surface area contributed by atoms with Gasteiger partial charge < -0.3 is 14.8 Å². The van der Waals surface area contributed by atoms with Crippen LogP contribution in [0, 0.1) is 0 Å². The Morgan fingerprint density at radius 1 is 0.972 bits per heavy atom. The molecular formula is C27H25N3O5S. The fourth-order valence-corrected chi connectivity index (χ4v) is 4.74. The lowest BCUT2D eigenvalue weighted by Crippen LogP contribution is -2.33. The van der Waals surface area contributed by atoms with Crippen molar-refractivity contribution in [3.05, 3.63) is 90.0 Å². The van der Waals surface area contributed by atoms with Gasteiger partial charge in [-0.05, 0) is 54.1 Å². The molecule has 4 rings (SSSR count). The lowest BCUT2D eigenvalue weighted by molar-refractivity contribution is -0.128. The van der Waals surface area contributed by atoms with Gasteiger partial charge in [-0.3, -0.25) is 14.5 Å². The normalized spacial score (nSPS) is 16.2. The van der Waals surface area contributed by atoms with E-state index in [2.05, 4.69) is 15.0 Å². The van der Waals surface area contributed by atoms with Crippen molar-refractivity contribution >= 4 is 46.1 Å². The number of hydrogen-bond donors (Lipinski definition) is 1. The molecule has 9 heteroatoms. The molecule has 184 valence electrons. The van der Waals surface area contributed by atoms with Gasteiger partial charge in [-0.1, -0.05) is 42.1 Å². The lowest BCUT2D eigenvalue weighted by atomic mass is 10.2. The van der Waals surface area contributed by atoms with Crippen molar-refractivity contribution in [2.75, 3.05) is 19.5 Å². The number of amides is 2. The van der Waals surface area contributed by atoms with Gasteiger partial charge in [0.2, 0.25) is 11.8 Å². The van der Waals surface area contributed by atoms with Crippen LogP contribution in [0.2, 0.25) is 0 Å². The van der Waals surface area contributed by atoms with Crippen LogP contribution in [-0.4, -0.2) is 47.3 Å². The van der Waals surface area contributed by atoms with E-state index in [9.17, 15) is 14.4 Å². The van der Waals surface area contributed by atoms with Gasteiger partial charge in [0.05, 0.1) is 32.0 Å². The average molecular weight is 504 g/mol. The summed E-state index contributed by atoms with van der Waals surface area (Å²) >= 11 is 1.28. The largest absolute Gasteiger partial charge is 0.497 e. The number of anilines is 1. The number of hydrogen-bond acceptors (Lipinski definition) is 7. The zero-order valence-corrected chi connectivity index (χ0v) is 20.7. The number of carbonyl (C=O) groups is 3. The van der Waals surface area contributed by atoms with E-state index in [-0.39, 0.29) is 18.2 Å². The van der Waals surface area contributed by atoms with Crippen molar-refractivity contribution in [2.45, 2.75) is 18.2 Å². The summed E-state index contributed by atoms with van der Waals surface area (Å²) in [7, 11) is 2.91. The maximum absolute atomic E-state index is 13.3. The molecule has 1 aliphatic rings. The molecule has 1 unspecified atom stereocenters. The lowest BCUT2D eigenvalue weighted by Gasteiger charge is -2.17. The number of thioether (sulfide) groups is 1. The Balaban J connectivity index is 1.48. The number of benzene rings is 3. The van der Waals surface area contributed by atoms with Crippen LogP contribution in [0.15, 0.2) is 83.9 Å². The summed E-state index contributed by atoms with van der Waals surface area (Å²) in [6.45, 7) is 0.328. The van der Waals surface area contributed by atoms with E-state index in [4.69, 9.17) is 4.74 Å². The molecule has 0 spiro atoms. The predicted molar refractivity (Wildman–Crippen MR) is 139 cm³/mol. The maximum atomic E-state index is 13.3. The second kappa shape index (κ2) is 11.5. The highest BCUT2D eigenvalue weighted by atomic mass is 32.2. The first kappa shape index (κ1) is 25.0. The Kier molecular flexibility index (Phi) is 8.02. The highest BCUT2D eigenvalue weighted by Gasteiger charge is 2.39. The van der Waals surface area contributed by atoms with Gasteiger partial charge in [-0.15, -0.1) is 0 Å². The number of aliphatic imine (C=N–C) groups is 1. The Morgan fingerprint density at radius 3 is 2.31 bits per heavy atom. The summed E-state index contributed by atoms with van der Waals surface area (Å²) < 4.78 is 9.90. The van der Waals surface area contributed by atoms with E-state index in [1.54, 1.807) is 36.3 Å². The number of carbonyl (C=O) groups excluding carboxylic acids is 3. The second-order valence-corrected chi connectivity index (χ2v) is 9.10. The zero-order valence-electron chi connectivity index (χ0n) is 19.8. The topological polar surface area (TPSA) is 97.3 Å². The van der Waals surface area contributed by atoms with Crippen LogP contribution >= 0.6 is 11.8 Å². The van der Waals surface area contributed by atoms with Gasteiger partial charge in [0, 0.05) is 12.1 Å². The number of ether oxygens (including phenoxy) is 2. The molecular weight excluding hydrogens is 478 g/mol. The first-order chi connectivity index (χ1) is 17.5. The molecule has 1 N–H and O–H groups in total. The minimum atomic E-state index is -0.611. The van der Waals surface area contributed by atoms with Crippen molar-refractivity contribution < 1.29 is 23.9 Å². The number of rotatable bonds is 8. The number of nitrogens with zero attached hydrogens (tertiary/aromatic N) is 2. The van der Waals surface area contributed by atoms with Crippen molar-refractivity contribution in [1.82, 2.24) is 4.90 Å². The molecule has 3 aromatic rings. The Labute approximate surface area is 213 Å². The third kappa shape index (κ3) is 6.11. The average Bonchev–Trinajstić information content (AvgIpc) is 3.18. The maximum Gasteiger partial charge on any atom is 0.337 e. The first-order valence-corrected chi connectivity index (χ1v) is 12.1. The molecule has 1 heterocycles. The van der Waals surface area contributed by atoms with Crippen LogP contribution < -0.4 is 10.1 Å². The summed E-state index contributed by atoms with van der Waals surface area (Å²) in [6, 6.07) is 23.2. The minimum absolute atomic E-state index is 0.0187. The number of nitrogens with one attached hydrogen (secondary N) is 1. The van der Waals surface area contributed by atoms with E-state index in [0.29, 0.717) is 23.0 Å². The molecule has 0 saturated carbocycles. The second-order valence-electron chi connectivity index (χ2n) is 7.93. The summed E-state index contributed by atoms with van der Waals surface area (Å²) in [5.41, 5.74) is 2.55. The minimum Gasteiger partial charge on any atom is -0.497 e. The third-order valence-corrected chi connectivity index (χ3v) is 6.64. The molecule has 1 aliphatic heterocycles. The van der Waals surface area contributed by atoms with Gasteiger partial charge in [0.25, 0.3) is 0 Å². The molecule has 2 amide bonds. The quantitative estimate of drug-likeness (QED) is 0.450. The molecule has 0 radical (unpaired) electrons. The number of methoxy groups -OCH3 is 2. The number of esters is 1. The van der Waals surface area contributed by atoms with Crippen molar-refractivity contribution in [3.63, 3.8) is 0 Å². The summed E-state index contributed by atoms with van der Waals surface area (Å²) in [4.78, 5) is 44.0. The highest BCUT2D eigenvalue weighted by molar-refractivity contribution is 8.15. The van der Waals surface area contributed by atoms with Crippen LogP contribution in [0.5, 0.6) is 5.75 Å². The smallest absolute Gasteiger partial charge is 0.337 e. The van der Waals surface area contributed by atoms with Gasteiger partial charge in [-0.2, -0.15) is 0 Å². The van der Waals surface area contributed by atoms with Crippen LogP contribution in [0.3, 0.4) is 0 Å². The highest BCUT2D eigenvalue weighted by Crippen LogP contribution is 2.33. The standard InChI is InChI=1S/C27H25N3O5S/c1-34-22-14-8-18(9-15-22)17-30-25(32)23(36-27(30)29-20-6-4-3-5-7-20)16-24(31)28-21-12-10-19(11-13-21)26(33)35-2/h3-15,23H,16-17H2,1-2H3,(H,28,31). The van der Waals surface area contributed by atoms with Crippen molar-refractivity contribution in [2.24, 2.45) is 4.99 Å². The van der Waals surface area contributed by atoms with E-state index in [1.165, 1.54) is 18.9 Å². The molecule has 1 atom stereocenters. The molecule has 1 saturated heterocycles. The Hall–Kier alpha value is -4.11. The van der Waals surface area contributed by atoms with Gasteiger partial charge in [0.1, 0.15) is 11.0 Å². The fraction of sp³-hybridized carbons (Fsp3) is 0.185. The Morgan fingerprint density at radius 2 is 1.67 bits per heavy atom. The van der Waals surface area contributed by atoms with Crippen LogP contribution in [0.1, 0.15) is 22.3 Å². The summed E-state index contributed by atoms with van der Waals surface area (Å²) in [6.07, 6.45) is -0.0187. The molecule has 36 heavy (non-hydrogen) atoms. The third-order valence-electron chi connectivity index (χ3n) is 5.46. The SMILES string of the molecule is COC(=O)c1ccc(NC(=O)CC2SC(=Nc3ccccc3)N(Cc3ccc(OC)cc3)C2=O)cc1. The first-order valence-electron chi connectivity index (χ1n) is 11.2. The van der Waals surface area contributed by atoms with Crippen LogP contribution in [0.4, 0.5) is 11.4 Å². The van der Waals surface area contributed by atoms with Gasteiger partial charge in [-0.25, -0.2) is 9.79 Å². The van der Waals surface area contributed by atoms with E-state index in [0.717, 1.165) is 17.0 Å². The molecule has 0 aliphatic carbocycles. The molecule has 0 aromatic heterocycles. The molecule has 0 bridgehead atoms. The fourth-order valence-electron chi connectivity index (χ4n) is 3.58. The van der Waals surface area contributed by atoms with Crippen molar-refractivity contribution in [1.29, 1.82) is 0 Å². The number of amidine groups is 1. The van der Waals surface area contributed by atoms with Gasteiger partial charge in [0.15, 0.2) is 5.17 Å². The monoisotopic (exact) mass is 503 g/mol. The predicted octanol–water partition coefficient (Wildman–Crippen LogP) is 4.64. The number of para-hydroxylation sites is 1. The van der Waals surface area contributed by atoms with E-state index in [1.807, 2.05) is 54.6 Å². The summed E-state index contributed by atoms with van der Waals surface area (Å²) in [5, 5.41) is 2.72.